The lowest BCUT2D eigenvalue weighted by Gasteiger charge is -2.39. The van der Waals surface area contributed by atoms with E-state index < -0.39 is 61.6 Å². The van der Waals surface area contributed by atoms with Crippen LogP contribution in [0.2, 0.25) is 34.7 Å². The molecule has 1 saturated heterocycles. The summed E-state index contributed by atoms with van der Waals surface area (Å²) in [5, 5.41) is 16.9. The molecule has 1 aliphatic heterocycles. The van der Waals surface area contributed by atoms with Crippen molar-refractivity contribution in [2.45, 2.75) is 43.2 Å². The van der Waals surface area contributed by atoms with Gasteiger partial charge in [-0.25, -0.2) is 19.4 Å². The second-order valence-electron chi connectivity index (χ2n) is 12.3. The lowest BCUT2D eigenvalue weighted by molar-refractivity contribution is -0.0978. The van der Waals surface area contributed by atoms with Gasteiger partial charge in [0.1, 0.15) is 26.6 Å². The van der Waals surface area contributed by atoms with E-state index in [1.54, 1.807) is 0 Å². The molecule has 5 rings (SSSR count). The molecule has 4 atom stereocenters. The van der Waals surface area contributed by atoms with Gasteiger partial charge in [-0.1, -0.05) is 60.4 Å². The maximum Gasteiger partial charge on any atom is 0.346 e. The van der Waals surface area contributed by atoms with Gasteiger partial charge in [0.2, 0.25) is 17.0 Å². The molecule has 3 N–H and O–H groups in total. The fraction of sp³-hybridized carbons (Fsp3) is 0.229. The van der Waals surface area contributed by atoms with Gasteiger partial charge in [-0.15, -0.1) is 5.54 Å². The molecule has 50 heavy (non-hydrogen) atoms. The molecule has 0 spiro atoms. The van der Waals surface area contributed by atoms with Crippen LogP contribution in [0.3, 0.4) is 0 Å². The van der Waals surface area contributed by atoms with Crippen LogP contribution in [-0.4, -0.2) is 71.0 Å². The molecule has 1 aliphatic rings. The first-order valence-electron chi connectivity index (χ1n) is 15.1. The average Bonchev–Trinajstić information content (AvgIpc) is 3.29. The maximum absolute atomic E-state index is 14.7. The molecule has 0 unspecified atom stereocenters. The van der Waals surface area contributed by atoms with Gasteiger partial charge in [-0.3, -0.25) is 9.78 Å². The third-order valence-corrected chi connectivity index (χ3v) is 9.15. The van der Waals surface area contributed by atoms with E-state index in [1.807, 2.05) is 19.6 Å². The van der Waals surface area contributed by atoms with Crippen LogP contribution in [0.5, 0.6) is 0 Å². The number of halogens is 3. The van der Waals surface area contributed by atoms with E-state index in [0.717, 1.165) is 0 Å². The molecule has 4 aromatic rings. The van der Waals surface area contributed by atoms with E-state index in [9.17, 15) is 24.3 Å². The summed E-state index contributed by atoms with van der Waals surface area (Å²) < 4.78 is 18.1. The number of aromatic nitrogens is 2. The lowest BCUT2D eigenvalue weighted by Crippen LogP contribution is -2.67. The van der Waals surface area contributed by atoms with Crippen molar-refractivity contribution in [2.75, 3.05) is 11.9 Å². The molecule has 1 aromatic heterocycles. The summed E-state index contributed by atoms with van der Waals surface area (Å²) >= 11 is 18.2. The van der Waals surface area contributed by atoms with Gasteiger partial charge in [-0.2, -0.15) is 0 Å². The van der Waals surface area contributed by atoms with Gasteiger partial charge in [0.05, 0.1) is 11.1 Å². The Morgan fingerprint density at radius 3 is 1.92 bits per heavy atom. The topological polar surface area (TPSA) is 157 Å². The summed E-state index contributed by atoms with van der Waals surface area (Å²) in [7, 11) is -2.39. The normalized spacial score (nSPS) is 21.4. The minimum Gasteiger partial charge on any atom is -0.459 e. The molecule has 258 valence electrons. The standard InChI is InChI=1S/C35H30Cl3N3O8Si/c1-50(2,3)19-17-34(49-31(44)23-8-14-26(38)15-9-23)27(20-47-30(43)22-6-12-25(37)13-7-22)48-32(40-28-16-18-39-33(45)41-28)35(34,46)29(42)21-4-10-24(36)11-5-21/h4-16,18,27,32,46H,20H2,1-3H3,(H2,39,40,41,45)/t27-,32-,34-,35+/m1/s1. The van der Waals surface area contributed by atoms with Gasteiger partial charge in [-0.05, 0) is 78.9 Å². The molecule has 3 aromatic carbocycles. The molecule has 0 aliphatic carbocycles. The first-order valence-corrected chi connectivity index (χ1v) is 19.7. The number of nitrogens with zero attached hydrogens (tertiary/aromatic N) is 1. The van der Waals surface area contributed by atoms with E-state index >= 15 is 0 Å². The van der Waals surface area contributed by atoms with Crippen LogP contribution in [0.4, 0.5) is 5.82 Å². The monoisotopic (exact) mass is 753 g/mol. The van der Waals surface area contributed by atoms with Gasteiger partial charge in [0.15, 0.2) is 6.23 Å². The summed E-state index contributed by atoms with van der Waals surface area (Å²) in [5.41, 5.74) is -2.92. The number of esters is 2. The van der Waals surface area contributed by atoms with Gasteiger partial charge >= 0.3 is 17.6 Å². The minimum absolute atomic E-state index is 0.00720. The van der Waals surface area contributed by atoms with Gasteiger partial charge < -0.3 is 24.6 Å². The largest absolute Gasteiger partial charge is 0.459 e. The summed E-state index contributed by atoms with van der Waals surface area (Å²) in [4.78, 5) is 60.1. The number of Topliss-reactive ketones (excluding diaryl/α,β-unsaturated/α-hetero) is 1. The smallest absolute Gasteiger partial charge is 0.346 e. The predicted molar refractivity (Wildman–Crippen MR) is 190 cm³/mol. The van der Waals surface area contributed by atoms with Crippen LogP contribution in [0.15, 0.2) is 89.9 Å². The fourth-order valence-electron chi connectivity index (χ4n) is 5.03. The van der Waals surface area contributed by atoms with Crippen molar-refractivity contribution < 1.29 is 33.7 Å². The number of anilines is 1. The van der Waals surface area contributed by atoms with Gasteiger partial charge in [0.25, 0.3) is 0 Å². The fourth-order valence-corrected chi connectivity index (χ4v) is 5.97. The Morgan fingerprint density at radius 1 is 0.880 bits per heavy atom. The number of hydrogen-bond donors (Lipinski definition) is 3. The van der Waals surface area contributed by atoms with E-state index in [2.05, 4.69) is 26.7 Å². The number of carbonyl (C=O) groups excluding carboxylic acids is 3. The highest BCUT2D eigenvalue weighted by molar-refractivity contribution is 6.83. The third-order valence-electron chi connectivity index (χ3n) is 7.52. The number of ketones is 1. The lowest BCUT2D eigenvalue weighted by atomic mass is 9.75. The maximum atomic E-state index is 14.7. The van der Waals surface area contributed by atoms with Crippen molar-refractivity contribution in [3.05, 3.63) is 127 Å². The number of ether oxygens (including phenoxy) is 3. The molecule has 15 heteroatoms. The van der Waals surface area contributed by atoms with Crippen molar-refractivity contribution >= 4 is 66.4 Å². The van der Waals surface area contributed by atoms with Crippen LogP contribution in [0, 0.1) is 11.5 Å². The number of benzene rings is 3. The van der Waals surface area contributed by atoms with E-state index in [0.29, 0.717) is 15.1 Å². The molecule has 0 bridgehead atoms. The van der Waals surface area contributed by atoms with Crippen molar-refractivity contribution in [3.8, 4) is 11.5 Å². The SMILES string of the molecule is C[Si](C)(C)C#C[C@@]1(OC(=O)c2ccc(Cl)cc2)[C@@H](COC(=O)c2ccc(Cl)cc2)O[C@@H](Nc2ccnc(=O)[nH]2)[C@@]1(O)C(=O)c1ccc(Cl)cc1. The number of H-pyrrole nitrogens is 1. The zero-order chi connectivity index (χ0) is 36.3. The van der Waals surface area contributed by atoms with Crippen LogP contribution < -0.4 is 11.0 Å². The Morgan fingerprint density at radius 2 is 1.40 bits per heavy atom. The molecule has 0 radical (unpaired) electrons. The molecule has 2 heterocycles. The third kappa shape index (κ3) is 7.94. The number of hydrogen-bond acceptors (Lipinski definition) is 10. The average molecular weight is 755 g/mol. The van der Waals surface area contributed by atoms with Crippen LogP contribution in [0.1, 0.15) is 31.1 Å². The molecule has 1 fully saturated rings. The number of carbonyl (C=O) groups is 3. The summed E-state index contributed by atoms with van der Waals surface area (Å²) in [6, 6.07) is 18.6. The second kappa shape index (κ2) is 14.8. The summed E-state index contributed by atoms with van der Waals surface area (Å²) in [5.74, 6) is 0.148. The Labute approximate surface area is 302 Å². The Bertz CT molecular complexity index is 2030. The minimum atomic E-state index is -2.87. The van der Waals surface area contributed by atoms with Crippen LogP contribution in [0.25, 0.3) is 0 Å². The van der Waals surface area contributed by atoms with Crippen LogP contribution in [-0.2, 0) is 14.2 Å². The Kier molecular flexibility index (Phi) is 10.9. The zero-order valence-corrected chi connectivity index (χ0v) is 30.1. The van der Waals surface area contributed by atoms with Gasteiger partial charge in [0, 0.05) is 26.8 Å². The zero-order valence-electron chi connectivity index (χ0n) is 26.8. The highest BCUT2D eigenvalue weighted by Crippen LogP contribution is 2.46. The predicted octanol–water partition coefficient (Wildman–Crippen LogP) is 5.81. The number of rotatable bonds is 9. The van der Waals surface area contributed by atoms with Crippen molar-refractivity contribution in [2.24, 2.45) is 0 Å². The molecule has 11 nitrogen and oxygen atoms in total. The number of nitrogens with one attached hydrogen (secondary N) is 2. The number of aliphatic hydroxyl groups is 1. The molecular weight excluding hydrogens is 725 g/mol. The molecular formula is C35H30Cl3N3O8Si. The highest BCUT2D eigenvalue weighted by atomic mass is 35.5. The van der Waals surface area contributed by atoms with Crippen molar-refractivity contribution in [1.82, 2.24) is 9.97 Å². The number of aromatic amines is 1. The highest BCUT2D eigenvalue weighted by Gasteiger charge is 2.73. The van der Waals surface area contributed by atoms with Crippen molar-refractivity contribution in [1.29, 1.82) is 0 Å². The van der Waals surface area contributed by atoms with E-state index in [-0.39, 0.29) is 22.5 Å². The van der Waals surface area contributed by atoms with Crippen molar-refractivity contribution in [3.63, 3.8) is 0 Å². The molecule has 0 saturated carbocycles. The van der Waals surface area contributed by atoms with Crippen LogP contribution >= 0.6 is 34.8 Å². The Hall–Kier alpha value is -4.48. The summed E-state index contributed by atoms with van der Waals surface area (Å²) in [6.45, 7) is 5.05. The first-order chi connectivity index (χ1) is 23.6. The molecule has 0 amide bonds. The Balaban J connectivity index is 1.72. The quantitative estimate of drug-likeness (QED) is 0.0825. The first kappa shape index (κ1) is 36.8. The second-order valence-corrected chi connectivity index (χ2v) is 18.3. The van der Waals surface area contributed by atoms with E-state index in [4.69, 9.17) is 49.0 Å². The summed E-state index contributed by atoms with van der Waals surface area (Å²) in [6.07, 6.45) is -2.16. The van der Waals surface area contributed by atoms with E-state index in [1.165, 1.54) is 85.1 Å².